The normalized spacial score (nSPS) is 13.5. The largest absolute Gasteiger partial charge is 0.416 e. The first-order valence-electron chi connectivity index (χ1n) is 11.5. The number of rotatable bonds is 6. The van der Waals surface area contributed by atoms with Gasteiger partial charge in [-0.25, -0.2) is 8.78 Å². The van der Waals surface area contributed by atoms with Crippen molar-refractivity contribution in [3.8, 4) is 0 Å². The van der Waals surface area contributed by atoms with Gasteiger partial charge in [-0.1, -0.05) is 48.5 Å². The van der Waals surface area contributed by atoms with Gasteiger partial charge in [0.1, 0.15) is 11.6 Å². The fourth-order valence-electron chi connectivity index (χ4n) is 4.30. The fourth-order valence-corrected chi connectivity index (χ4v) is 4.30. The summed E-state index contributed by atoms with van der Waals surface area (Å²) >= 11 is 0. The van der Waals surface area contributed by atoms with Crippen LogP contribution in [-0.2, 0) is 24.3 Å². The minimum Gasteiger partial charge on any atom is -0.338 e. The van der Waals surface area contributed by atoms with Crippen molar-refractivity contribution in [1.82, 2.24) is 5.32 Å². The third kappa shape index (κ3) is 6.27. The summed E-state index contributed by atoms with van der Waals surface area (Å²) in [5.74, 6) is -3.02. The number of alkyl halides is 6. The predicted molar refractivity (Wildman–Crippen MR) is 128 cm³/mol. The van der Waals surface area contributed by atoms with E-state index in [-0.39, 0.29) is 23.6 Å². The minimum atomic E-state index is -4.96. The second-order valence-corrected chi connectivity index (χ2v) is 8.83. The topological polar surface area (TPSA) is 29.1 Å². The SMILES string of the molecule is O=C(N[C@](Cc1ccccc1)(c1ccc(F)cc1)c1cc(F)cc(C(F)(F)F)c1)c1cccc(C(F)(F)F)c1. The molecule has 10 heteroatoms. The molecule has 2 nitrogen and oxygen atoms in total. The van der Waals surface area contributed by atoms with Crippen molar-refractivity contribution in [2.45, 2.75) is 24.3 Å². The lowest BCUT2D eigenvalue weighted by Crippen LogP contribution is -2.49. The van der Waals surface area contributed by atoms with E-state index in [1.165, 1.54) is 12.1 Å². The van der Waals surface area contributed by atoms with Crippen LogP contribution < -0.4 is 5.32 Å². The third-order valence-electron chi connectivity index (χ3n) is 6.15. The fraction of sp³-hybridized carbons (Fsp3) is 0.138. The zero-order valence-corrected chi connectivity index (χ0v) is 19.9. The maximum absolute atomic E-state index is 14.7. The van der Waals surface area contributed by atoms with Gasteiger partial charge in [-0.2, -0.15) is 26.3 Å². The van der Waals surface area contributed by atoms with Crippen LogP contribution in [0.3, 0.4) is 0 Å². The van der Waals surface area contributed by atoms with Crippen molar-refractivity contribution in [2.75, 3.05) is 0 Å². The van der Waals surface area contributed by atoms with Crippen molar-refractivity contribution >= 4 is 5.91 Å². The van der Waals surface area contributed by atoms with Gasteiger partial charge in [-0.05, 0) is 65.2 Å². The Balaban J connectivity index is 1.97. The zero-order valence-electron chi connectivity index (χ0n) is 19.9. The van der Waals surface area contributed by atoms with Gasteiger partial charge in [-0.15, -0.1) is 0 Å². The lowest BCUT2D eigenvalue weighted by molar-refractivity contribution is -0.138. The molecule has 0 saturated carbocycles. The van der Waals surface area contributed by atoms with Crippen LogP contribution in [0.15, 0.2) is 97.1 Å². The molecule has 1 atom stereocenters. The highest BCUT2D eigenvalue weighted by molar-refractivity contribution is 5.95. The number of carbonyl (C=O) groups is 1. The number of hydrogen-bond donors (Lipinski definition) is 1. The summed E-state index contributed by atoms with van der Waals surface area (Å²) in [4.78, 5) is 13.4. The van der Waals surface area contributed by atoms with Crippen molar-refractivity contribution in [3.63, 3.8) is 0 Å². The van der Waals surface area contributed by atoms with Gasteiger partial charge in [0.25, 0.3) is 5.91 Å². The van der Waals surface area contributed by atoms with Gasteiger partial charge in [0.2, 0.25) is 0 Å². The molecule has 0 heterocycles. The monoisotopic (exact) mass is 549 g/mol. The second-order valence-electron chi connectivity index (χ2n) is 8.83. The standard InChI is InChI=1S/C29H19F8NO/c30-24-11-9-20(10-12-24)27(17-18-5-2-1-3-6-18,22-14-23(29(35,36)37)16-25(31)15-22)38-26(39)19-7-4-8-21(13-19)28(32,33)34/h1-16H,17H2,(H,38,39)/t27-/m1/s1. The molecule has 4 aromatic rings. The average molecular weight is 549 g/mol. The van der Waals surface area contributed by atoms with Crippen LogP contribution in [0.2, 0.25) is 0 Å². The lowest BCUT2D eigenvalue weighted by Gasteiger charge is -2.37. The van der Waals surface area contributed by atoms with E-state index < -0.39 is 52.1 Å². The molecule has 0 aliphatic carbocycles. The Hall–Kier alpha value is -4.21. The molecular weight excluding hydrogens is 530 g/mol. The Morgan fingerprint density at radius 3 is 1.82 bits per heavy atom. The molecule has 0 spiro atoms. The van der Waals surface area contributed by atoms with E-state index in [2.05, 4.69) is 5.32 Å². The summed E-state index contributed by atoms with van der Waals surface area (Å²) in [5, 5.41) is 2.57. The first-order valence-corrected chi connectivity index (χ1v) is 11.5. The predicted octanol–water partition coefficient (Wildman–Crippen LogP) is 7.92. The van der Waals surface area contributed by atoms with Gasteiger partial charge in [0.05, 0.1) is 16.7 Å². The Morgan fingerprint density at radius 2 is 1.21 bits per heavy atom. The Morgan fingerprint density at radius 1 is 0.590 bits per heavy atom. The molecule has 0 aliphatic heterocycles. The van der Waals surface area contributed by atoms with Gasteiger partial charge >= 0.3 is 12.4 Å². The van der Waals surface area contributed by atoms with Crippen LogP contribution in [-0.4, -0.2) is 5.91 Å². The Kier molecular flexibility index (Phi) is 7.50. The number of carbonyl (C=O) groups excluding carboxylic acids is 1. The molecular formula is C29H19F8NO. The van der Waals surface area contributed by atoms with Crippen molar-refractivity contribution in [1.29, 1.82) is 0 Å². The van der Waals surface area contributed by atoms with Gasteiger partial charge < -0.3 is 5.32 Å². The molecule has 0 aliphatic rings. The zero-order chi connectivity index (χ0) is 28.4. The maximum Gasteiger partial charge on any atom is 0.416 e. The molecule has 0 fully saturated rings. The summed E-state index contributed by atoms with van der Waals surface area (Å²) in [6.45, 7) is 0. The van der Waals surface area contributed by atoms with Crippen LogP contribution in [0.25, 0.3) is 0 Å². The minimum absolute atomic E-state index is 0.0757. The third-order valence-corrected chi connectivity index (χ3v) is 6.15. The first-order chi connectivity index (χ1) is 18.3. The Bertz CT molecular complexity index is 1460. The van der Waals surface area contributed by atoms with E-state index in [1.807, 2.05) is 0 Å². The second kappa shape index (κ2) is 10.5. The van der Waals surface area contributed by atoms with Crippen LogP contribution in [0.5, 0.6) is 0 Å². The van der Waals surface area contributed by atoms with E-state index >= 15 is 0 Å². The molecule has 39 heavy (non-hydrogen) atoms. The van der Waals surface area contributed by atoms with E-state index in [9.17, 15) is 39.9 Å². The van der Waals surface area contributed by atoms with E-state index in [0.29, 0.717) is 17.7 Å². The molecule has 0 radical (unpaired) electrons. The molecule has 0 unspecified atom stereocenters. The van der Waals surface area contributed by atoms with Gasteiger partial charge in [0, 0.05) is 12.0 Å². The highest BCUT2D eigenvalue weighted by Gasteiger charge is 2.40. The average Bonchev–Trinajstić information content (AvgIpc) is 2.88. The lowest BCUT2D eigenvalue weighted by atomic mass is 9.77. The van der Waals surface area contributed by atoms with Crippen LogP contribution >= 0.6 is 0 Å². The smallest absolute Gasteiger partial charge is 0.338 e. The number of amides is 1. The molecule has 0 saturated heterocycles. The van der Waals surface area contributed by atoms with Gasteiger partial charge in [-0.3, -0.25) is 4.79 Å². The number of hydrogen-bond acceptors (Lipinski definition) is 1. The number of nitrogens with one attached hydrogen (secondary N) is 1. The van der Waals surface area contributed by atoms with E-state index in [4.69, 9.17) is 0 Å². The molecule has 202 valence electrons. The highest BCUT2D eigenvalue weighted by atomic mass is 19.4. The van der Waals surface area contributed by atoms with Gasteiger partial charge in [0.15, 0.2) is 0 Å². The number of benzene rings is 4. The van der Waals surface area contributed by atoms with E-state index in [0.717, 1.165) is 36.4 Å². The van der Waals surface area contributed by atoms with Crippen LogP contribution in [0, 0.1) is 11.6 Å². The highest BCUT2D eigenvalue weighted by Crippen LogP contribution is 2.39. The quantitative estimate of drug-likeness (QED) is 0.243. The van der Waals surface area contributed by atoms with Crippen molar-refractivity contribution in [3.05, 3.63) is 142 Å². The molecule has 1 amide bonds. The summed E-state index contributed by atoms with van der Waals surface area (Å²) in [5.41, 5.74) is -4.62. The Labute approximate surface area is 217 Å². The molecule has 0 aromatic heterocycles. The van der Waals surface area contributed by atoms with Crippen LogP contribution in [0.1, 0.15) is 38.2 Å². The molecule has 0 bridgehead atoms. The number of halogens is 8. The van der Waals surface area contributed by atoms with Crippen LogP contribution in [0.4, 0.5) is 35.1 Å². The van der Waals surface area contributed by atoms with Crippen molar-refractivity contribution < 1.29 is 39.9 Å². The summed E-state index contributed by atoms with van der Waals surface area (Å²) in [7, 11) is 0. The molecule has 4 rings (SSSR count). The summed E-state index contributed by atoms with van der Waals surface area (Å²) in [6, 6.07) is 17.8. The molecule has 4 aromatic carbocycles. The summed E-state index contributed by atoms with van der Waals surface area (Å²) < 4.78 is 110. The van der Waals surface area contributed by atoms with Crippen molar-refractivity contribution in [2.24, 2.45) is 0 Å². The molecule has 1 N–H and O–H groups in total. The summed E-state index contributed by atoms with van der Waals surface area (Å²) in [6.07, 6.45) is -9.97. The maximum atomic E-state index is 14.7. The van der Waals surface area contributed by atoms with E-state index in [1.54, 1.807) is 30.3 Å². The first kappa shape index (κ1) is 27.8.